The van der Waals surface area contributed by atoms with Crippen LogP contribution in [0.15, 0.2) is 0 Å². The van der Waals surface area contributed by atoms with E-state index in [0.29, 0.717) is 5.54 Å². The highest BCUT2D eigenvalue weighted by atomic mass is 15.2. The van der Waals surface area contributed by atoms with E-state index in [4.69, 9.17) is 0 Å². The molecule has 1 heterocycles. The summed E-state index contributed by atoms with van der Waals surface area (Å²) in [5.74, 6) is 0. The second-order valence-electron chi connectivity index (χ2n) is 6.34. The Balaban J connectivity index is 1.78. The maximum atomic E-state index is 3.64. The second kappa shape index (κ2) is 6.88. The summed E-state index contributed by atoms with van der Waals surface area (Å²) in [4.78, 5) is 5.14. The summed E-state index contributed by atoms with van der Waals surface area (Å²) in [6, 6.07) is 0. The lowest BCUT2D eigenvalue weighted by atomic mass is 9.79. The van der Waals surface area contributed by atoms with Crippen molar-refractivity contribution in [3.05, 3.63) is 0 Å². The van der Waals surface area contributed by atoms with Gasteiger partial charge in [0.1, 0.15) is 0 Å². The van der Waals surface area contributed by atoms with Gasteiger partial charge < -0.3 is 15.1 Å². The van der Waals surface area contributed by atoms with Crippen molar-refractivity contribution in [2.75, 3.05) is 46.8 Å². The van der Waals surface area contributed by atoms with Crippen LogP contribution in [-0.4, -0.2) is 62.2 Å². The van der Waals surface area contributed by atoms with Crippen LogP contribution in [0.5, 0.6) is 0 Å². The van der Waals surface area contributed by atoms with E-state index in [1.165, 1.54) is 77.7 Å². The average Bonchev–Trinajstić information content (AvgIpc) is 2.62. The SMILES string of the molecule is CNC1(CCN2CCCN(C)CC2)CCCCC1. The molecule has 0 amide bonds. The average molecular weight is 253 g/mol. The van der Waals surface area contributed by atoms with E-state index < -0.39 is 0 Å². The van der Waals surface area contributed by atoms with Gasteiger partial charge in [0, 0.05) is 18.6 Å². The zero-order valence-corrected chi connectivity index (χ0v) is 12.4. The topological polar surface area (TPSA) is 18.5 Å². The monoisotopic (exact) mass is 253 g/mol. The first kappa shape index (κ1) is 14.3. The molecule has 0 bridgehead atoms. The first-order valence-corrected chi connectivity index (χ1v) is 7.84. The predicted octanol–water partition coefficient (Wildman–Crippen LogP) is 1.94. The summed E-state index contributed by atoms with van der Waals surface area (Å²) in [6.45, 7) is 6.36. The third-order valence-electron chi connectivity index (χ3n) is 5.06. The van der Waals surface area contributed by atoms with Crippen LogP contribution in [0, 0.1) is 0 Å². The van der Waals surface area contributed by atoms with E-state index in [1.807, 2.05) is 0 Å². The van der Waals surface area contributed by atoms with E-state index in [-0.39, 0.29) is 0 Å². The molecule has 0 atom stereocenters. The molecular weight excluding hydrogens is 222 g/mol. The number of hydrogen-bond acceptors (Lipinski definition) is 3. The molecule has 1 aliphatic heterocycles. The van der Waals surface area contributed by atoms with Gasteiger partial charge in [-0.2, -0.15) is 0 Å². The fourth-order valence-electron chi connectivity index (χ4n) is 3.55. The van der Waals surface area contributed by atoms with Gasteiger partial charge in [0.25, 0.3) is 0 Å². The van der Waals surface area contributed by atoms with Crippen LogP contribution in [0.2, 0.25) is 0 Å². The van der Waals surface area contributed by atoms with Crippen molar-refractivity contribution in [1.82, 2.24) is 15.1 Å². The van der Waals surface area contributed by atoms with Gasteiger partial charge in [-0.05, 0) is 59.4 Å². The molecule has 2 rings (SSSR count). The third-order valence-corrected chi connectivity index (χ3v) is 5.06. The molecule has 2 aliphatic rings. The summed E-state index contributed by atoms with van der Waals surface area (Å²) < 4.78 is 0. The Bertz CT molecular complexity index is 236. The molecule has 1 saturated carbocycles. The smallest absolute Gasteiger partial charge is 0.0190 e. The minimum atomic E-state index is 0.455. The van der Waals surface area contributed by atoms with Gasteiger partial charge in [-0.3, -0.25) is 0 Å². The second-order valence-corrected chi connectivity index (χ2v) is 6.34. The number of likely N-dealkylation sites (N-methyl/N-ethyl adjacent to an activating group) is 1. The van der Waals surface area contributed by atoms with Crippen LogP contribution in [-0.2, 0) is 0 Å². The lowest BCUT2D eigenvalue weighted by Gasteiger charge is -2.38. The Labute approximate surface area is 113 Å². The van der Waals surface area contributed by atoms with Crippen molar-refractivity contribution >= 4 is 0 Å². The molecule has 1 N–H and O–H groups in total. The molecular formula is C15H31N3. The van der Waals surface area contributed by atoms with Crippen molar-refractivity contribution in [1.29, 1.82) is 0 Å². The molecule has 1 saturated heterocycles. The van der Waals surface area contributed by atoms with Crippen molar-refractivity contribution in [3.63, 3.8) is 0 Å². The lowest BCUT2D eigenvalue weighted by Crippen LogP contribution is -2.47. The van der Waals surface area contributed by atoms with Gasteiger partial charge in [-0.15, -0.1) is 0 Å². The maximum Gasteiger partial charge on any atom is 0.0190 e. The van der Waals surface area contributed by atoms with Gasteiger partial charge in [-0.1, -0.05) is 19.3 Å². The number of rotatable bonds is 4. The van der Waals surface area contributed by atoms with Gasteiger partial charge in [0.2, 0.25) is 0 Å². The molecule has 0 aromatic heterocycles. The maximum absolute atomic E-state index is 3.64. The Hall–Kier alpha value is -0.120. The number of hydrogen-bond donors (Lipinski definition) is 1. The Morgan fingerprint density at radius 2 is 1.72 bits per heavy atom. The van der Waals surface area contributed by atoms with Crippen LogP contribution in [0.1, 0.15) is 44.9 Å². The number of nitrogens with zero attached hydrogens (tertiary/aromatic N) is 2. The largest absolute Gasteiger partial charge is 0.314 e. The van der Waals surface area contributed by atoms with E-state index >= 15 is 0 Å². The number of nitrogens with one attached hydrogen (secondary N) is 1. The lowest BCUT2D eigenvalue weighted by molar-refractivity contribution is 0.184. The fraction of sp³-hybridized carbons (Fsp3) is 1.00. The van der Waals surface area contributed by atoms with Crippen molar-refractivity contribution in [2.45, 2.75) is 50.5 Å². The van der Waals surface area contributed by atoms with Gasteiger partial charge in [0.05, 0.1) is 0 Å². The summed E-state index contributed by atoms with van der Waals surface area (Å²) in [7, 11) is 4.42. The molecule has 3 nitrogen and oxygen atoms in total. The Morgan fingerprint density at radius 1 is 0.944 bits per heavy atom. The molecule has 0 unspecified atom stereocenters. The summed E-state index contributed by atoms with van der Waals surface area (Å²) in [5, 5.41) is 3.64. The minimum Gasteiger partial charge on any atom is -0.314 e. The Morgan fingerprint density at radius 3 is 2.44 bits per heavy atom. The summed E-state index contributed by atoms with van der Waals surface area (Å²) in [6.07, 6.45) is 9.73. The quantitative estimate of drug-likeness (QED) is 0.826. The van der Waals surface area contributed by atoms with Crippen LogP contribution < -0.4 is 5.32 Å². The highest BCUT2D eigenvalue weighted by Crippen LogP contribution is 2.30. The highest BCUT2D eigenvalue weighted by molar-refractivity contribution is 4.90. The van der Waals surface area contributed by atoms with E-state index in [1.54, 1.807) is 0 Å². The van der Waals surface area contributed by atoms with Crippen LogP contribution in [0.25, 0.3) is 0 Å². The zero-order valence-electron chi connectivity index (χ0n) is 12.4. The molecule has 0 aromatic carbocycles. The van der Waals surface area contributed by atoms with Gasteiger partial charge in [-0.25, -0.2) is 0 Å². The molecule has 1 aliphatic carbocycles. The van der Waals surface area contributed by atoms with Gasteiger partial charge >= 0.3 is 0 Å². The third kappa shape index (κ3) is 3.94. The fourth-order valence-corrected chi connectivity index (χ4v) is 3.55. The highest BCUT2D eigenvalue weighted by Gasteiger charge is 2.30. The Kier molecular flexibility index (Phi) is 5.46. The van der Waals surface area contributed by atoms with Crippen molar-refractivity contribution in [3.8, 4) is 0 Å². The molecule has 0 aromatic rings. The first-order chi connectivity index (χ1) is 8.74. The van der Waals surface area contributed by atoms with Crippen molar-refractivity contribution < 1.29 is 0 Å². The summed E-state index contributed by atoms with van der Waals surface area (Å²) >= 11 is 0. The van der Waals surface area contributed by atoms with Crippen molar-refractivity contribution in [2.24, 2.45) is 0 Å². The molecule has 0 spiro atoms. The molecule has 2 fully saturated rings. The molecule has 0 radical (unpaired) electrons. The molecule has 3 heteroatoms. The summed E-state index contributed by atoms with van der Waals surface area (Å²) in [5.41, 5.74) is 0.455. The molecule has 18 heavy (non-hydrogen) atoms. The van der Waals surface area contributed by atoms with Crippen LogP contribution in [0.3, 0.4) is 0 Å². The molecule has 106 valence electrons. The zero-order chi connectivity index (χ0) is 12.8. The minimum absolute atomic E-state index is 0.455. The van der Waals surface area contributed by atoms with Crippen LogP contribution in [0.4, 0.5) is 0 Å². The van der Waals surface area contributed by atoms with Gasteiger partial charge in [0.15, 0.2) is 0 Å². The normalized spacial score (nSPS) is 27.0. The van der Waals surface area contributed by atoms with E-state index in [2.05, 4.69) is 29.2 Å². The van der Waals surface area contributed by atoms with E-state index in [9.17, 15) is 0 Å². The standard InChI is InChI=1S/C15H31N3/c1-16-15(7-4-3-5-8-15)9-12-18-11-6-10-17(2)13-14-18/h16H,3-14H2,1-2H3. The van der Waals surface area contributed by atoms with E-state index in [0.717, 1.165) is 0 Å². The predicted molar refractivity (Wildman–Crippen MR) is 78.0 cm³/mol. The van der Waals surface area contributed by atoms with Crippen LogP contribution >= 0.6 is 0 Å². The first-order valence-electron chi connectivity index (χ1n) is 7.84.